The van der Waals surface area contributed by atoms with Crippen LogP contribution in [0.25, 0.3) is 10.8 Å². The Bertz CT molecular complexity index is 609. The minimum Gasteiger partial charge on any atom is -0.597 e. The molecule has 1 aromatic carbocycles. The zero-order valence-electron chi connectivity index (χ0n) is 13.5. The van der Waals surface area contributed by atoms with Crippen molar-refractivity contribution in [3.05, 3.63) is 42.2 Å². The lowest BCUT2D eigenvalue weighted by Gasteiger charge is -2.35. The molecule has 0 saturated carbocycles. The molecule has 1 aromatic heterocycles. The minimum absolute atomic E-state index is 0.118. The van der Waals surface area contributed by atoms with Gasteiger partial charge in [0.15, 0.2) is 0 Å². The Balaban J connectivity index is 2.33. The van der Waals surface area contributed by atoms with Gasteiger partial charge in [-0.3, -0.25) is 4.98 Å². The highest BCUT2D eigenvalue weighted by Crippen LogP contribution is 2.30. The van der Waals surface area contributed by atoms with Gasteiger partial charge in [-0.05, 0) is 57.7 Å². The molecule has 2 atom stereocenters. The number of hydrogen-bond donors (Lipinski definition) is 0. The zero-order valence-corrected chi connectivity index (χ0v) is 14.3. The average Bonchev–Trinajstić information content (AvgIpc) is 2.46. The molecule has 0 saturated heterocycles. The van der Waals surface area contributed by atoms with Crippen molar-refractivity contribution in [3.8, 4) is 0 Å². The fourth-order valence-corrected chi connectivity index (χ4v) is 3.76. The Hall–Kier alpha value is -1.10. The summed E-state index contributed by atoms with van der Waals surface area (Å²) in [7, 11) is 0. The Morgan fingerprint density at radius 2 is 1.95 bits per heavy atom. The SMILES string of the molecule is CCN(C(C)c1ccc2cnccc2c1)[S+]([O-])C(C)(C)C. The van der Waals surface area contributed by atoms with Crippen LogP contribution in [0.5, 0.6) is 0 Å². The third-order valence-electron chi connectivity index (χ3n) is 3.63. The van der Waals surface area contributed by atoms with Gasteiger partial charge in [-0.15, -0.1) is 4.31 Å². The van der Waals surface area contributed by atoms with E-state index in [0.29, 0.717) is 0 Å². The molecule has 0 aliphatic rings. The van der Waals surface area contributed by atoms with Gasteiger partial charge in [0.1, 0.15) is 4.75 Å². The second-order valence-corrected chi connectivity index (χ2v) is 8.45. The molecule has 3 nitrogen and oxygen atoms in total. The number of nitrogens with zero attached hydrogens (tertiary/aromatic N) is 2. The Morgan fingerprint density at radius 3 is 2.57 bits per heavy atom. The van der Waals surface area contributed by atoms with Crippen LogP contribution in [-0.4, -0.2) is 25.1 Å². The van der Waals surface area contributed by atoms with Crippen LogP contribution in [0.1, 0.15) is 46.2 Å². The zero-order chi connectivity index (χ0) is 15.6. The molecular weight excluding hydrogens is 280 g/mol. The Morgan fingerprint density at radius 1 is 1.24 bits per heavy atom. The van der Waals surface area contributed by atoms with E-state index in [9.17, 15) is 4.55 Å². The highest BCUT2D eigenvalue weighted by atomic mass is 32.2. The number of pyridine rings is 1. The summed E-state index contributed by atoms with van der Waals surface area (Å²) < 4.78 is 14.5. The third kappa shape index (κ3) is 3.57. The van der Waals surface area contributed by atoms with E-state index in [1.807, 2.05) is 39.2 Å². The molecule has 0 spiro atoms. The molecule has 2 aromatic rings. The topological polar surface area (TPSA) is 39.2 Å². The first-order chi connectivity index (χ1) is 9.84. The first-order valence-corrected chi connectivity index (χ1v) is 8.47. The van der Waals surface area contributed by atoms with Crippen molar-refractivity contribution in [1.29, 1.82) is 0 Å². The minimum atomic E-state index is -1.02. The maximum atomic E-state index is 12.7. The molecule has 2 rings (SSSR count). The van der Waals surface area contributed by atoms with Crippen molar-refractivity contribution >= 4 is 22.1 Å². The fourth-order valence-electron chi connectivity index (χ4n) is 2.41. The second-order valence-electron chi connectivity index (χ2n) is 6.25. The summed E-state index contributed by atoms with van der Waals surface area (Å²) in [6, 6.07) is 8.50. The van der Waals surface area contributed by atoms with Crippen LogP contribution in [0.4, 0.5) is 0 Å². The highest BCUT2D eigenvalue weighted by Gasteiger charge is 2.35. The summed E-state index contributed by atoms with van der Waals surface area (Å²) in [5.74, 6) is 0. The van der Waals surface area contributed by atoms with Crippen molar-refractivity contribution in [3.63, 3.8) is 0 Å². The second kappa shape index (κ2) is 6.34. The normalized spacial score (nSPS) is 15.4. The van der Waals surface area contributed by atoms with E-state index in [-0.39, 0.29) is 10.8 Å². The molecule has 0 aliphatic carbocycles. The summed E-state index contributed by atoms with van der Waals surface area (Å²) in [6.45, 7) is 11.0. The number of aromatic nitrogens is 1. The summed E-state index contributed by atoms with van der Waals surface area (Å²) in [6.07, 6.45) is 3.68. The van der Waals surface area contributed by atoms with Crippen molar-refractivity contribution in [2.24, 2.45) is 0 Å². The lowest BCUT2D eigenvalue weighted by atomic mass is 10.0. The van der Waals surface area contributed by atoms with E-state index in [2.05, 4.69) is 41.3 Å². The van der Waals surface area contributed by atoms with Gasteiger partial charge in [0, 0.05) is 35.7 Å². The van der Waals surface area contributed by atoms with Gasteiger partial charge in [0.2, 0.25) is 0 Å². The summed E-state index contributed by atoms with van der Waals surface area (Å²) >= 11 is -1.02. The van der Waals surface area contributed by atoms with Gasteiger partial charge in [-0.1, -0.05) is 12.1 Å². The van der Waals surface area contributed by atoms with Gasteiger partial charge in [0.25, 0.3) is 0 Å². The molecule has 0 fully saturated rings. The molecule has 21 heavy (non-hydrogen) atoms. The summed E-state index contributed by atoms with van der Waals surface area (Å²) in [5, 5.41) is 2.31. The van der Waals surface area contributed by atoms with Gasteiger partial charge < -0.3 is 4.55 Å². The number of rotatable bonds is 4. The van der Waals surface area contributed by atoms with Gasteiger partial charge >= 0.3 is 0 Å². The van der Waals surface area contributed by atoms with E-state index in [0.717, 1.165) is 11.9 Å². The van der Waals surface area contributed by atoms with Gasteiger partial charge in [0.05, 0.1) is 6.04 Å². The van der Waals surface area contributed by atoms with E-state index in [1.54, 1.807) is 0 Å². The molecule has 1 heterocycles. The van der Waals surface area contributed by atoms with Crippen LogP contribution in [0.15, 0.2) is 36.7 Å². The first kappa shape index (κ1) is 16.3. The predicted molar refractivity (Wildman–Crippen MR) is 90.4 cm³/mol. The summed E-state index contributed by atoms with van der Waals surface area (Å²) in [4.78, 5) is 4.14. The fraction of sp³-hybridized carbons (Fsp3) is 0.471. The van der Waals surface area contributed by atoms with Crippen molar-refractivity contribution in [1.82, 2.24) is 9.29 Å². The van der Waals surface area contributed by atoms with E-state index >= 15 is 0 Å². The Labute approximate surface area is 130 Å². The summed E-state index contributed by atoms with van der Waals surface area (Å²) in [5.41, 5.74) is 1.19. The van der Waals surface area contributed by atoms with Crippen molar-refractivity contribution in [2.75, 3.05) is 6.54 Å². The molecule has 0 bridgehead atoms. The predicted octanol–water partition coefficient (Wildman–Crippen LogP) is 4.08. The largest absolute Gasteiger partial charge is 0.597 e. The van der Waals surface area contributed by atoms with Gasteiger partial charge in [-0.25, -0.2) is 0 Å². The van der Waals surface area contributed by atoms with Crippen LogP contribution >= 0.6 is 0 Å². The van der Waals surface area contributed by atoms with Crippen molar-refractivity contribution in [2.45, 2.75) is 45.4 Å². The van der Waals surface area contributed by atoms with Crippen LogP contribution in [0, 0.1) is 0 Å². The molecular formula is C17H24N2OS. The first-order valence-electron chi connectivity index (χ1n) is 7.37. The number of hydrogen-bond acceptors (Lipinski definition) is 3. The van der Waals surface area contributed by atoms with Gasteiger partial charge in [-0.2, -0.15) is 0 Å². The molecule has 0 amide bonds. The smallest absolute Gasteiger partial charge is 0.137 e. The average molecular weight is 304 g/mol. The van der Waals surface area contributed by atoms with Crippen LogP contribution in [-0.2, 0) is 11.4 Å². The van der Waals surface area contributed by atoms with E-state index in [4.69, 9.17) is 0 Å². The quantitative estimate of drug-likeness (QED) is 0.799. The monoisotopic (exact) mass is 304 g/mol. The third-order valence-corrected chi connectivity index (χ3v) is 5.68. The molecule has 0 N–H and O–H groups in total. The Kier molecular flexibility index (Phi) is 4.91. The maximum absolute atomic E-state index is 12.7. The van der Waals surface area contributed by atoms with E-state index in [1.165, 1.54) is 10.9 Å². The molecule has 2 unspecified atom stereocenters. The standard InChI is InChI=1S/C17H24N2OS/c1-6-19(21(20)17(3,4)5)13(2)14-7-8-16-12-18-10-9-15(16)11-14/h7-13H,6H2,1-5H3. The molecule has 0 radical (unpaired) electrons. The molecule has 4 heteroatoms. The molecule has 114 valence electrons. The lowest BCUT2D eigenvalue weighted by Crippen LogP contribution is -2.44. The van der Waals surface area contributed by atoms with Crippen LogP contribution < -0.4 is 0 Å². The van der Waals surface area contributed by atoms with E-state index < -0.39 is 11.4 Å². The highest BCUT2D eigenvalue weighted by molar-refractivity contribution is 7.90. The number of benzene rings is 1. The lowest BCUT2D eigenvalue weighted by molar-refractivity contribution is 0.345. The van der Waals surface area contributed by atoms with Crippen LogP contribution in [0.3, 0.4) is 0 Å². The van der Waals surface area contributed by atoms with Crippen LogP contribution in [0.2, 0.25) is 0 Å². The maximum Gasteiger partial charge on any atom is 0.137 e. The number of fused-ring (bicyclic) bond motifs is 1. The molecule has 0 aliphatic heterocycles. The van der Waals surface area contributed by atoms with Crippen molar-refractivity contribution < 1.29 is 4.55 Å².